The zero-order valence-corrected chi connectivity index (χ0v) is 17.1. The topological polar surface area (TPSA) is 66.5 Å². The molecule has 0 fully saturated rings. The average molecular weight is 415 g/mol. The molecule has 0 saturated heterocycles. The Labute approximate surface area is 173 Å². The van der Waals surface area contributed by atoms with Gasteiger partial charge < -0.3 is 20.3 Å². The van der Waals surface area contributed by atoms with Crippen molar-refractivity contribution >= 4 is 23.1 Å². The summed E-state index contributed by atoms with van der Waals surface area (Å²) in [5, 5.41) is 7.60. The van der Waals surface area contributed by atoms with Crippen LogP contribution in [-0.2, 0) is 6.61 Å². The number of carbonyl (C=O) groups is 1. The maximum absolute atomic E-state index is 13.2. The first-order valence-electron chi connectivity index (χ1n) is 9.08. The normalized spacial score (nSPS) is 11.9. The molecule has 0 aliphatic carbocycles. The molecule has 1 aromatic heterocycles. The lowest BCUT2D eigenvalue weighted by atomic mass is 10.1. The number of hydrogen-bond donors (Lipinski definition) is 2. The number of nitrogens with zero attached hydrogens (tertiary/aromatic N) is 2. The van der Waals surface area contributed by atoms with Crippen molar-refractivity contribution in [1.29, 1.82) is 0 Å². The highest BCUT2D eigenvalue weighted by Gasteiger charge is 2.15. The van der Waals surface area contributed by atoms with Crippen molar-refractivity contribution < 1.29 is 13.9 Å². The third-order valence-electron chi connectivity index (χ3n) is 4.30. The lowest BCUT2D eigenvalue weighted by Crippen LogP contribution is -2.36. The van der Waals surface area contributed by atoms with Crippen LogP contribution in [0.2, 0.25) is 0 Å². The molecule has 2 aromatic carbocycles. The zero-order chi connectivity index (χ0) is 20.6. The SMILES string of the molecule is CN(C)C(CNC(=O)Nc1cccc(OCc2cscn2)c1)c1ccc(F)cc1. The summed E-state index contributed by atoms with van der Waals surface area (Å²) in [6.07, 6.45) is 0. The highest BCUT2D eigenvalue weighted by molar-refractivity contribution is 7.07. The number of thiazole rings is 1. The number of aromatic nitrogens is 1. The Hall–Kier alpha value is -2.97. The summed E-state index contributed by atoms with van der Waals surface area (Å²) in [7, 11) is 3.83. The molecule has 0 spiro atoms. The number of amides is 2. The Morgan fingerprint density at radius 3 is 2.72 bits per heavy atom. The van der Waals surface area contributed by atoms with E-state index in [1.54, 1.807) is 29.8 Å². The van der Waals surface area contributed by atoms with Gasteiger partial charge in [-0.3, -0.25) is 0 Å². The van der Waals surface area contributed by atoms with Crippen LogP contribution in [0, 0.1) is 5.82 Å². The molecular formula is C21H23FN4O2S. The second-order valence-electron chi connectivity index (χ2n) is 6.66. The molecule has 0 aliphatic heterocycles. The Kier molecular flexibility index (Phi) is 7.15. The molecule has 2 amide bonds. The van der Waals surface area contributed by atoms with Crippen LogP contribution < -0.4 is 15.4 Å². The highest BCUT2D eigenvalue weighted by atomic mass is 32.1. The Morgan fingerprint density at radius 1 is 1.24 bits per heavy atom. The van der Waals surface area contributed by atoms with E-state index in [2.05, 4.69) is 15.6 Å². The van der Waals surface area contributed by atoms with Gasteiger partial charge in [0, 0.05) is 23.7 Å². The number of nitrogens with one attached hydrogen (secondary N) is 2. The van der Waals surface area contributed by atoms with Gasteiger partial charge in [-0.1, -0.05) is 18.2 Å². The van der Waals surface area contributed by atoms with Crippen LogP contribution in [0.1, 0.15) is 17.3 Å². The molecule has 0 bridgehead atoms. The summed E-state index contributed by atoms with van der Waals surface area (Å²) < 4.78 is 18.9. The van der Waals surface area contributed by atoms with Crippen molar-refractivity contribution in [3.8, 4) is 5.75 Å². The second kappa shape index (κ2) is 9.99. The first kappa shape index (κ1) is 20.8. The Balaban J connectivity index is 1.54. The first-order chi connectivity index (χ1) is 14.0. The van der Waals surface area contributed by atoms with E-state index >= 15 is 0 Å². The van der Waals surface area contributed by atoms with Gasteiger partial charge in [0.1, 0.15) is 18.2 Å². The van der Waals surface area contributed by atoms with Crippen LogP contribution in [0.3, 0.4) is 0 Å². The van der Waals surface area contributed by atoms with Gasteiger partial charge in [-0.2, -0.15) is 0 Å². The molecular weight excluding hydrogens is 391 g/mol. The smallest absolute Gasteiger partial charge is 0.319 e. The van der Waals surface area contributed by atoms with Gasteiger partial charge in [-0.05, 0) is 43.9 Å². The molecule has 152 valence electrons. The van der Waals surface area contributed by atoms with Gasteiger partial charge in [0.25, 0.3) is 0 Å². The van der Waals surface area contributed by atoms with Crippen LogP contribution in [0.5, 0.6) is 5.75 Å². The predicted molar refractivity (Wildman–Crippen MR) is 113 cm³/mol. The number of halogens is 1. The van der Waals surface area contributed by atoms with E-state index in [0.717, 1.165) is 11.3 Å². The van der Waals surface area contributed by atoms with Crippen molar-refractivity contribution in [3.05, 3.63) is 76.5 Å². The number of hydrogen-bond acceptors (Lipinski definition) is 5. The molecule has 29 heavy (non-hydrogen) atoms. The summed E-state index contributed by atoms with van der Waals surface area (Å²) in [6.45, 7) is 0.756. The van der Waals surface area contributed by atoms with Crippen molar-refractivity contribution in [2.24, 2.45) is 0 Å². The molecule has 0 aliphatic rings. The highest BCUT2D eigenvalue weighted by Crippen LogP contribution is 2.20. The minimum atomic E-state index is -0.324. The number of ether oxygens (including phenoxy) is 1. The Morgan fingerprint density at radius 2 is 2.03 bits per heavy atom. The summed E-state index contributed by atoms with van der Waals surface area (Å²) >= 11 is 1.52. The van der Waals surface area contributed by atoms with Crippen LogP contribution >= 0.6 is 11.3 Å². The van der Waals surface area contributed by atoms with Crippen LogP contribution in [-0.4, -0.2) is 36.6 Å². The summed E-state index contributed by atoms with van der Waals surface area (Å²) in [6, 6.07) is 13.1. The number of urea groups is 1. The van der Waals surface area contributed by atoms with Crippen molar-refractivity contribution in [3.63, 3.8) is 0 Å². The number of benzene rings is 2. The molecule has 3 aromatic rings. The fraction of sp³-hybridized carbons (Fsp3) is 0.238. The number of rotatable bonds is 8. The largest absolute Gasteiger partial charge is 0.487 e. The van der Waals surface area contributed by atoms with Gasteiger partial charge >= 0.3 is 6.03 Å². The molecule has 2 N–H and O–H groups in total. The minimum Gasteiger partial charge on any atom is -0.487 e. The van der Waals surface area contributed by atoms with E-state index in [0.29, 0.717) is 24.6 Å². The molecule has 0 saturated carbocycles. The summed E-state index contributed by atoms with van der Waals surface area (Å²) in [5.41, 5.74) is 4.17. The average Bonchev–Trinajstić information content (AvgIpc) is 3.22. The fourth-order valence-corrected chi connectivity index (χ4v) is 3.32. The van der Waals surface area contributed by atoms with Crippen LogP contribution in [0.4, 0.5) is 14.9 Å². The summed E-state index contributed by atoms with van der Waals surface area (Å²) in [5.74, 6) is 0.363. The van der Waals surface area contributed by atoms with Crippen LogP contribution in [0.15, 0.2) is 59.4 Å². The number of carbonyl (C=O) groups excluding carboxylic acids is 1. The van der Waals surface area contributed by atoms with Crippen molar-refractivity contribution in [1.82, 2.24) is 15.2 Å². The van der Waals surface area contributed by atoms with Crippen molar-refractivity contribution in [2.75, 3.05) is 26.0 Å². The molecule has 1 heterocycles. The van der Waals surface area contributed by atoms with E-state index in [-0.39, 0.29) is 17.9 Å². The molecule has 0 radical (unpaired) electrons. The maximum Gasteiger partial charge on any atom is 0.319 e. The number of likely N-dealkylation sites (N-methyl/N-ethyl adjacent to an activating group) is 1. The van der Waals surface area contributed by atoms with E-state index in [9.17, 15) is 9.18 Å². The van der Waals surface area contributed by atoms with E-state index in [1.165, 1.54) is 23.5 Å². The summed E-state index contributed by atoms with van der Waals surface area (Å²) in [4.78, 5) is 18.5. The first-order valence-corrected chi connectivity index (χ1v) is 10.0. The zero-order valence-electron chi connectivity index (χ0n) is 16.3. The monoisotopic (exact) mass is 414 g/mol. The number of anilines is 1. The standard InChI is InChI=1S/C21H23FN4O2S/c1-26(2)20(15-6-8-16(22)9-7-15)11-23-21(27)25-17-4-3-5-19(10-17)28-12-18-13-29-14-24-18/h3-10,13-14,20H,11-12H2,1-2H3,(H2,23,25,27). The lowest BCUT2D eigenvalue weighted by Gasteiger charge is -2.25. The molecule has 8 heteroatoms. The van der Waals surface area contributed by atoms with Gasteiger partial charge in [0.15, 0.2) is 0 Å². The lowest BCUT2D eigenvalue weighted by molar-refractivity contribution is 0.243. The van der Waals surface area contributed by atoms with Gasteiger partial charge in [0.2, 0.25) is 0 Å². The van der Waals surface area contributed by atoms with E-state index < -0.39 is 0 Å². The Bertz CT molecular complexity index is 917. The van der Waals surface area contributed by atoms with Crippen LogP contribution in [0.25, 0.3) is 0 Å². The quantitative estimate of drug-likeness (QED) is 0.577. The molecule has 6 nitrogen and oxygen atoms in total. The van der Waals surface area contributed by atoms with E-state index in [1.807, 2.05) is 36.5 Å². The third kappa shape index (κ3) is 6.27. The van der Waals surface area contributed by atoms with Gasteiger partial charge in [-0.25, -0.2) is 14.2 Å². The maximum atomic E-state index is 13.2. The minimum absolute atomic E-state index is 0.0749. The molecule has 1 atom stereocenters. The molecule has 3 rings (SSSR count). The predicted octanol–water partition coefficient (Wildman–Crippen LogP) is 4.29. The van der Waals surface area contributed by atoms with Gasteiger partial charge in [0.05, 0.1) is 17.2 Å². The van der Waals surface area contributed by atoms with Crippen molar-refractivity contribution in [2.45, 2.75) is 12.6 Å². The van der Waals surface area contributed by atoms with Gasteiger partial charge in [-0.15, -0.1) is 11.3 Å². The molecule has 1 unspecified atom stereocenters. The third-order valence-corrected chi connectivity index (χ3v) is 4.93. The van der Waals surface area contributed by atoms with E-state index in [4.69, 9.17) is 4.74 Å². The second-order valence-corrected chi connectivity index (χ2v) is 7.38. The fourth-order valence-electron chi connectivity index (χ4n) is 2.78.